The average Bonchev–Trinajstić information content (AvgIpc) is 2.74. The first kappa shape index (κ1) is 27.2. The van der Waals surface area contributed by atoms with Gasteiger partial charge in [-0.2, -0.15) is 0 Å². The standard InChI is InChI=1S/C22H26Cl3N3O4S/c1-4-19(22(30)26-5-2)27(13-15-6-8-16(23)9-7-15)21(29)14-28(33(3,31)32)20-12-17(24)10-11-18(20)25/h6-12,19H,4-5,13-14H2,1-3H3,(H,26,30)/t19-/m1/s1. The Balaban J connectivity index is 2.46. The van der Waals surface area contributed by atoms with Crippen molar-refractivity contribution in [2.75, 3.05) is 23.7 Å². The van der Waals surface area contributed by atoms with Gasteiger partial charge < -0.3 is 10.2 Å². The lowest BCUT2D eigenvalue weighted by Crippen LogP contribution is -2.52. The number of rotatable bonds is 10. The number of sulfonamides is 1. The number of amides is 2. The summed E-state index contributed by atoms with van der Waals surface area (Å²) >= 11 is 18.2. The minimum Gasteiger partial charge on any atom is -0.355 e. The van der Waals surface area contributed by atoms with Crippen molar-refractivity contribution in [3.8, 4) is 0 Å². The monoisotopic (exact) mass is 533 g/mol. The van der Waals surface area contributed by atoms with Crippen LogP contribution in [-0.2, 0) is 26.2 Å². The third-order valence-electron chi connectivity index (χ3n) is 4.86. The summed E-state index contributed by atoms with van der Waals surface area (Å²) in [6, 6.07) is 10.4. The van der Waals surface area contributed by atoms with Crippen LogP contribution in [0.25, 0.3) is 0 Å². The Kier molecular flexibility index (Phi) is 9.84. The molecule has 0 radical (unpaired) electrons. The van der Waals surface area contributed by atoms with Crippen molar-refractivity contribution >= 4 is 62.3 Å². The fraction of sp³-hybridized carbons (Fsp3) is 0.364. The number of halogens is 3. The number of hydrogen-bond acceptors (Lipinski definition) is 4. The molecule has 0 saturated heterocycles. The first-order valence-corrected chi connectivity index (χ1v) is 13.2. The van der Waals surface area contributed by atoms with Crippen molar-refractivity contribution in [3.05, 3.63) is 63.1 Å². The lowest BCUT2D eigenvalue weighted by atomic mass is 10.1. The molecule has 33 heavy (non-hydrogen) atoms. The van der Waals surface area contributed by atoms with E-state index in [1.54, 1.807) is 38.1 Å². The van der Waals surface area contributed by atoms with Crippen LogP contribution in [0.3, 0.4) is 0 Å². The molecule has 0 aliphatic carbocycles. The molecule has 0 unspecified atom stereocenters. The molecule has 11 heteroatoms. The highest BCUT2D eigenvalue weighted by molar-refractivity contribution is 7.92. The molecule has 1 atom stereocenters. The number of carbonyl (C=O) groups is 2. The highest BCUT2D eigenvalue weighted by Gasteiger charge is 2.32. The first-order chi connectivity index (χ1) is 15.5. The number of nitrogens with one attached hydrogen (secondary N) is 1. The van der Waals surface area contributed by atoms with E-state index in [-0.39, 0.29) is 28.2 Å². The number of nitrogens with zero attached hydrogens (tertiary/aromatic N) is 2. The van der Waals surface area contributed by atoms with Crippen molar-refractivity contribution in [1.82, 2.24) is 10.2 Å². The van der Waals surface area contributed by atoms with E-state index in [0.29, 0.717) is 18.0 Å². The summed E-state index contributed by atoms with van der Waals surface area (Å²) in [4.78, 5) is 27.6. The van der Waals surface area contributed by atoms with Gasteiger partial charge in [0, 0.05) is 23.1 Å². The molecule has 2 aromatic carbocycles. The van der Waals surface area contributed by atoms with Crippen LogP contribution in [0.2, 0.25) is 15.1 Å². The molecule has 0 fully saturated rings. The van der Waals surface area contributed by atoms with Crippen molar-refractivity contribution in [2.45, 2.75) is 32.9 Å². The second kappa shape index (κ2) is 11.9. The van der Waals surface area contributed by atoms with Crippen molar-refractivity contribution < 1.29 is 18.0 Å². The largest absolute Gasteiger partial charge is 0.355 e. The molecule has 180 valence electrons. The zero-order chi connectivity index (χ0) is 24.8. The summed E-state index contributed by atoms with van der Waals surface area (Å²) in [7, 11) is -3.90. The van der Waals surface area contributed by atoms with E-state index in [1.165, 1.54) is 23.1 Å². The van der Waals surface area contributed by atoms with E-state index in [4.69, 9.17) is 34.8 Å². The zero-order valence-electron chi connectivity index (χ0n) is 18.5. The molecular weight excluding hydrogens is 509 g/mol. The van der Waals surface area contributed by atoms with Crippen LogP contribution in [-0.4, -0.2) is 50.5 Å². The predicted octanol–water partition coefficient (Wildman–Crippen LogP) is 4.36. The van der Waals surface area contributed by atoms with Crippen LogP contribution in [0.5, 0.6) is 0 Å². The molecule has 2 amide bonds. The highest BCUT2D eigenvalue weighted by Crippen LogP contribution is 2.31. The fourth-order valence-corrected chi connectivity index (χ4v) is 4.69. The van der Waals surface area contributed by atoms with Crippen LogP contribution in [0.4, 0.5) is 5.69 Å². The van der Waals surface area contributed by atoms with Gasteiger partial charge in [-0.3, -0.25) is 13.9 Å². The molecule has 0 aromatic heterocycles. The zero-order valence-corrected chi connectivity index (χ0v) is 21.6. The van der Waals surface area contributed by atoms with E-state index < -0.39 is 28.5 Å². The van der Waals surface area contributed by atoms with Crippen molar-refractivity contribution in [3.63, 3.8) is 0 Å². The molecule has 0 heterocycles. The van der Waals surface area contributed by atoms with Gasteiger partial charge in [0.2, 0.25) is 21.8 Å². The summed E-state index contributed by atoms with van der Waals surface area (Å²) in [5.74, 6) is -0.890. The third kappa shape index (κ3) is 7.50. The van der Waals surface area contributed by atoms with E-state index >= 15 is 0 Å². The highest BCUT2D eigenvalue weighted by atomic mass is 35.5. The van der Waals surface area contributed by atoms with Gasteiger partial charge in [0.25, 0.3) is 0 Å². The van der Waals surface area contributed by atoms with Gasteiger partial charge in [-0.1, -0.05) is 53.9 Å². The van der Waals surface area contributed by atoms with Gasteiger partial charge in [-0.15, -0.1) is 0 Å². The Hall–Kier alpha value is -2.00. The summed E-state index contributed by atoms with van der Waals surface area (Å²) in [5, 5.41) is 3.66. The number of likely N-dealkylation sites (N-methyl/N-ethyl adjacent to an activating group) is 1. The Morgan fingerprint density at radius 1 is 1.00 bits per heavy atom. The van der Waals surface area contributed by atoms with Crippen LogP contribution >= 0.6 is 34.8 Å². The average molecular weight is 535 g/mol. The second-order valence-electron chi connectivity index (χ2n) is 7.33. The normalized spacial score (nSPS) is 12.2. The fourth-order valence-electron chi connectivity index (χ4n) is 3.27. The number of anilines is 1. The molecule has 0 saturated carbocycles. The van der Waals surface area contributed by atoms with Gasteiger partial charge >= 0.3 is 0 Å². The third-order valence-corrected chi connectivity index (χ3v) is 6.79. The minimum absolute atomic E-state index is 0.0810. The SMILES string of the molecule is CCNC(=O)[C@@H](CC)N(Cc1ccc(Cl)cc1)C(=O)CN(c1cc(Cl)ccc1Cl)S(C)(=O)=O. The van der Waals surface area contributed by atoms with E-state index in [1.807, 2.05) is 0 Å². The molecule has 0 aliphatic rings. The van der Waals surface area contributed by atoms with E-state index in [0.717, 1.165) is 16.1 Å². The van der Waals surface area contributed by atoms with Crippen LogP contribution in [0, 0.1) is 0 Å². The van der Waals surface area contributed by atoms with Gasteiger partial charge in [0.1, 0.15) is 12.6 Å². The lowest BCUT2D eigenvalue weighted by molar-refractivity contribution is -0.140. The van der Waals surface area contributed by atoms with E-state index in [9.17, 15) is 18.0 Å². The van der Waals surface area contributed by atoms with Gasteiger partial charge in [-0.25, -0.2) is 8.42 Å². The smallest absolute Gasteiger partial charge is 0.244 e. The molecule has 0 spiro atoms. The van der Waals surface area contributed by atoms with E-state index in [2.05, 4.69) is 5.32 Å². The topological polar surface area (TPSA) is 86.8 Å². The molecule has 2 aromatic rings. The Labute approximate surface area is 209 Å². The first-order valence-electron chi connectivity index (χ1n) is 10.2. The molecule has 1 N–H and O–H groups in total. The molecule has 0 aliphatic heterocycles. The van der Waals surface area contributed by atoms with Crippen LogP contribution in [0.1, 0.15) is 25.8 Å². The molecule has 7 nitrogen and oxygen atoms in total. The quantitative estimate of drug-likeness (QED) is 0.491. The van der Waals surface area contributed by atoms with Crippen LogP contribution in [0.15, 0.2) is 42.5 Å². The number of benzene rings is 2. The van der Waals surface area contributed by atoms with Gasteiger partial charge in [-0.05, 0) is 49.2 Å². The maximum absolute atomic E-state index is 13.5. The Bertz CT molecular complexity index is 1090. The maximum atomic E-state index is 13.5. The predicted molar refractivity (Wildman–Crippen MR) is 133 cm³/mol. The minimum atomic E-state index is -3.90. The van der Waals surface area contributed by atoms with Gasteiger partial charge in [0.15, 0.2) is 0 Å². The summed E-state index contributed by atoms with van der Waals surface area (Å²) in [6.07, 6.45) is 1.31. The van der Waals surface area contributed by atoms with Crippen molar-refractivity contribution in [1.29, 1.82) is 0 Å². The number of carbonyl (C=O) groups excluding carboxylic acids is 2. The lowest BCUT2D eigenvalue weighted by Gasteiger charge is -2.33. The van der Waals surface area contributed by atoms with Crippen molar-refractivity contribution in [2.24, 2.45) is 0 Å². The number of hydrogen-bond donors (Lipinski definition) is 1. The Morgan fingerprint density at radius 3 is 2.15 bits per heavy atom. The second-order valence-corrected chi connectivity index (χ2v) is 10.5. The Morgan fingerprint density at radius 2 is 1.61 bits per heavy atom. The summed E-state index contributed by atoms with van der Waals surface area (Å²) < 4.78 is 26.1. The maximum Gasteiger partial charge on any atom is 0.244 e. The molecule has 0 bridgehead atoms. The van der Waals surface area contributed by atoms with Crippen LogP contribution < -0.4 is 9.62 Å². The summed E-state index contributed by atoms with van der Waals surface area (Å²) in [6.45, 7) is 3.49. The molecular formula is C22H26Cl3N3O4S. The van der Waals surface area contributed by atoms with Gasteiger partial charge in [0.05, 0.1) is 17.0 Å². The summed E-state index contributed by atoms with van der Waals surface area (Å²) in [5.41, 5.74) is 0.819. The molecule has 2 rings (SSSR count).